The Bertz CT molecular complexity index is 7260. The van der Waals surface area contributed by atoms with Crippen LogP contribution >= 0.6 is 0 Å². The van der Waals surface area contributed by atoms with Gasteiger partial charge >= 0.3 is 0 Å². The van der Waals surface area contributed by atoms with Crippen molar-refractivity contribution in [2.75, 3.05) is 0 Å². The Morgan fingerprint density at radius 3 is 0.533 bits per heavy atom. The van der Waals surface area contributed by atoms with E-state index in [4.69, 9.17) is 0 Å². The Hall–Kier alpha value is -18.7. The Balaban J connectivity index is 0.000000159. The SMILES string of the molecule is CC(C)(c1cc(Cc2ccc(O)cc2)c(O)c(Cc2ccc(O)cc2)c1)c1cc(Cc2ccc(O)cc2)c(O)c(Cc2ccc(O)cc2)c1.Oc1ccc(Cc2cc(C(c3cc(Cc4ccc(O)cc4)c(O)c(Cc4ccc(O)cc4)c3)c3cc(Cc4ccc(O)cc4)c(O)c(Cc4ccc(O)cc4)c3)cc(Cc3ccc(O)cc3)c2O)cc1.Oc1ccc2ccccc2c1Cc1cccc(Cc2c(O)ccc3ccccc23)c1O. The van der Waals surface area contributed by atoms with Crippen LogP contribution in [0.15, 0.2) is 394 Å². The summed E-state index contributed by atoms with van der Waals surface area (Å²) >= 11 is 0. The fourth-order valence-electron chi connectivity index (χ4n) is 19.9. The van der Waals surface area contributed by atoms with Crippen LogP contribution in [0.5, 0.6) is 103 Å². The van der Waals surface area contributed by atoms with E-state index in [9.17, 15) is 91.9 Å². The highest BCUT2D eigenvalue weighted by Gasteiger charge is 2.32. The summed E-state index contributed by atoms with van der Waals surface area (Å²) in [6.07, 6.45) is 4.52. The lowest BCUT2D eigenvalue weighted by Crippen LogP contribution is -2.21. The predicted octanol–water partition coefficient (Wildman–Crippen LogP) is 26.7. The van der Waals surface area contributed by atoms with Gasteiger partial charge in [-0.1, -0.05) is 275 Å². The van der Waals surface area contributed by atoms with Crippen molar-refractivity contribution in [3.63, 3.8) is 0 Å². The van der Waals surface area contributed by atoms with Crippen LogP contribution in [0.4, 0.5) is 0 Å². The van der Waals surface area contributed by atoms with Gasteiger partial charge in [0.1, 0.15) is 103 Å². The highest BCUT2D eigenvalue weighted by molar-refractivity contribution is 5.89. The number of aromatic hydroxyl groups is 18. The third-order valence-corrected chi connectivity index (χ3v) is 28.1. The molecule has 0 unspecified atom stereocenters. The first kappa shape index (κ1) is 101. The molecule has 0 fully saturated rings. The fraction of sp³-hybridized carbons (Fsp3) is 0.121. The fourth-order valence-corrected chi connectivity index (χ4v) is 19.9. The highest BCUT2D eigenvalue weighted by atomic mass is 16.3. The normalized spacial score (nSPS) is 11.3. The average molecular weight is 1990 g/mol. The molecule has 750 valence electrons. The van der Waals surface area contributed by atoms with Crippen LogP contribution in [-0.2, 0) is 82.5 Å². The zero-order valence-electron chi connectivity index (χ0n) is 82.6. The average Bonchev–Trinajstić information content (AvgIpc) is 0.762. The molecule has 0 heterocycles. The van der Waals surface area contributed by atoms with Gasteiger partial charge in [0.2, 0.25) is 0 Å². The summed E-state index contributed by atoms with van der Waals surface area (Å²) in [6.45, 7) is 4.27. The molecule has 150 heavy (non-hydrogen) atoms. The molecule has 0 aromatic heterocycles. The van der Waals surface area contributed by atoms with Crippen LogP contribution in [-0.4, -0.2) is 91.9 Å². The van der Waals surface area contributed by atoms with Gasteiger partial charge in [0.05, 0.1) is 0 Å². The molecule has 20 rings (SSSR count). The van der Waals surface area contributed by atoms with Crippen molar-refractivity contribution in [1.82, 2.24) is 0 Å². The molecule has 20 aromatic carbocycles. The monoisotopic (exact) mass is 1990 g/mol. The van der Waals surface area contributed by atoms with E-state index in [2.05, 4.69) is 13.8 Å². The summed E-state index contributed by atoms with van der Waals surface area (Å²) < 4.78 is 0. The minimum Gasteiger partial charge on any atom is -0.508 e. The molecule has 0 saturated carbocycles. The quantitative estimate of drug-likeness (QED) is 0.0194. The van der Waals surface area contributed by atoms with Gasteiger partial charge in [0.25, 0.3) is 0 Å². The second-order valence-corrected chi connectivity index (χ2v) is 39.2. The van der Waals surface area contributed by atoms with Gasteiger partial charge in [0, 0.05) is 99.5 Å². The van der Waals surface area contributed by atoms with Gasteiger partial charge in [-0.2, -0.15) is 0 Å². The van der Waals surface area contributed by atoms with Crippen LogP contribution in [0.3, 0.4) is 0 Å². The van der Waals surface area contributed by atoms with E-state index in [-0.39, 0.29) is 103 Å². The van der Waals surface area contributed by atoms with Crippen molar-refractivity contribution in [3.8, 4) is 103 Å². The first-order valence-corrected chi connectivity index (χ1v) is 49.6. The van der Waals surface area contributed by atoms with Crippen molar-refractivity contribution in [3.05, 3.63) is 556 Å². The second-order valence-electron chi connectivity index (χ2n) is 39.2. The molecule has 0 spiro atoms. The van der Waals surface area contributed by atoms with E-state index < -0.39 is 11.3 Å². The van der Waals surface area contributed by atoms with Gasteiger partial charge < -0.3 is 91.9 Å². The highest BCUT2D eigenvalue weighted by Crippen LogP contribution is 2.48. The number of phenolic OH excluding ortho intramolecular Hbond substituents is 18. The maximum atomic E-state index is 12.2. The Morgan fingerprint density at radius 1 is 0.167 bits per heavy atom. The number of hydrogen-bond acceptors (Lipinski definition) is 18. The molecule has 18 heteroatoms. The second kappa shape index (κ2) is 44.9. The summed E-state index contributed by atoms with van der Waals surface area (Å²) in [5.74, 6) is 2.14. The zero-order valence-corrected chi connectivity index (χ0v) is 82.6. The van der Waals surface area contributed by atoms with Gasteiger partial charge in [0.15, 0.2) is 0 Å². The summed E-state index contributed by atoms with van der Waals surface area (Å²) in [7, 11) is 0. The number of hydrogen-bond donors (Lipinski definition) is 18. The van der Waals surface area contributed by atoms with Gasteiger partial charge in [-0.15, -0.1) is 0 Å². The number of para-hydroxylation sites is 1. The third-order valence-electron chi connectivity index (χ3n) is 28.1. The van der Waals surface area contributed by atoms with Crippen molar-refractivity contribution in [2.24, 2.45) is 0 Å². The minimum atomic E-state index is -0.604. The molecule has 0 bridgehead atoms. The van der Waals surface area contributed by atoms with Crippen LogP contribution in [0.25, 0.3) is 21.5 Å². The number of benzene rings is 20. The minimum absolute atomic E-state index is 0.0992. The maximum absolute atomic E-state index is 12.2. The van der Waals surface area contributed by atoms with E-state index in [1.54, 1.807) is 133 Å². The van der Waals surface area contributed by atoms with Crippen molar-refractivity contribution >= 4 is 21.5 Å². The lowest BCUT2D eigenvalue weighted by molar-refractivity contribution is 0.457. The summed E-state index contributed by atoms with van der Waals surface area (Å²) in [5.41, 5.74) is 22.5. The van der Waals surface area contributed by atoms with Crippen LogP contribution in [0, 0.1) is 0 Å². The van der Waals surface area contributed by atoms with E-state index in [0.29, 0.717) is 110 Å². The molecular weight excluding hydrogens is 1870 g/mol. The summed E-state index contributed by atoms with van der Waals surface area (Å²) in [5, 5.41) is 196. The van der Waals surface area contributed by atoms with Crippen molar-refractivity contribution in [2.45, 2.75) is 102 Å². The molecule has 20 aromatic rings. The molecule has 0 radical (unpaired) electrons. The number of rotatable bonds is 29. The van der Waals surface area contributed by atoms with Gasteiger partial charge in [-0.05, 0) is 305 Å². The molecule has 0 atom stereocenters. The van der Waals surface area contributed by atoms with Crippen LogP contribution in [0.1, 0.15) is 181 Å². The first-order valence-electron chi connectivity index (χ1n) is 49.6. The molecule has 0 aliphatic carbocycles. The lowest BCUT2D eigenvalue weighted by atomic mass is 9.74. The first-order chi connectivity index (χ1) is 72.3. The van der Waals surface area contributed by atoms with E-state index in [0.717, 1.165) is 150 Å². The third kappa shape index (κ3) is 24.4. The van der Waals surface area contributed by atoms with Crippen molar-refractivity contribution in [1.29, 1.82) is 0 Å². The lowest BCUT2D eigenvalue weighted by Gasteiger charge is -2.30. The molecule has 0 saturated heterocycles. The largest absolute Gasteiger partial charge is 0.508 e. The topological polar surface area (TPSA) is 364 Å². The van der Waals surface area contributed by atoms with E-state index >= 15 is 0 Å². The zero-order chi connectivity index (χ0) is 105. The Kier molecular flexibility index (Phi) is 30.3. The molecule has 18 N–H and O–H groups in total. The molecular formula is C132H114O18. The summed E-state index contributed by atoms with van der Waals surface area (Å²) in [4.78, 5) is 0. The summed E-state index contributed by atoms with van der Waals surface area (Å²) in [6, 6.07) is 118. The smallest absolute Gasteiger partial charge is 0.122 e. The Morgan fingerprint density at radius 2 is 0.340 bits per heavy atom. The van der Waals surface area contributed by atoms with E-state index in [1.807, 2.05) is 261 Å². The van der Waals surface area contributed by atoms with Crippen LogP contribution < -0.4 is 0 Å². The predicted molar refractivity (Wildman–Crippen MR) is 588 cm³/mol. The van der Waals surface area contributed by atoms with Crippen LogP contribution in [0.2, 0.25) is 0 Å². The number of phenols is 18. The van der Waals surface area contributed by atoms with Gasteiger partial charge in [-0.3, -0.25) is 0 Å². The number of fused-ring (bicyclic) bond motifs is 2. The Labute approximate surface area is 869 Å². The van der Waals surface area contributed by atoms with Crippen molar-refractivity contribution < 1.29 is 91.9 Å². The van der Waals surface area contributed by atoms with E-state index in [1.165, 1.54) is 0 Å². The molecule has 0 aliphatic heterocycles. The molecule has 0 aliphatic rings. The van der Waals surface area contributed by atoms with Gasteiger partial charge in [-0.25, -0.2) is 0 Å². The molecule has 0 amide bonds. The standard InChI is InChI=1S/C61H52O9.C43H40O6.C28H22O3/c62-52-13-1-37(2-14-52)25-46-31-43(32-47(59(46)68)26-38-3-15-53(63)16-4-38)58(44-33-48(27-39-5-17-54(64)18-6-39)60(69)49(34-44)28-40-7-19-55(65)20-8-40)45-35-50(29-41-9-21-56(66)22-10-41)61(70)51(36-45)30-42-11-23-57(67)24-12-42;1-43(2,35-23-31(19-27-3-11-37(44)12-4-27)41(48)32(24-35)20-28-5-13-38(45)14-6-28)36-25-33(21-29-7-15-39(46)16-8-29)42(49)34(26-36)22-30-9-17-40(47)18-10-30;29-26-14-12-18-6-1-3-10-22(18)24(26)16-20-8-5-9-21(28(20)31)17-25-23-11-4-2-7-19(23)13-15-27(25)30/h1-24,31-36,58,62-70H,25-30H2;3-18,23-26,44-49H,19-22H2,1-2H3;1-15,29-31H,16-17H2. The maximum Gasteiger partial charge on any atom is 0.122 e. The molecule has 18 nitrogen and oxygen atoms in total.